The lowest BCUT2D eigenvalue weighted by Crippen LogP contribution is -2.31. The number of carbonyl (C=O) groups is 1. The lowest BCUT2D eigenvalue weighted by molar-refractivity contribution is -0.120. The van der Waals surface area contributed by atoms with Crippen LogP contribution in [-0.4, -0.2) is 42.1 Å². The molecule has 156 valence electrons. The molecule has 0 saturated carbocycles. The van der Waals surface area contributed by atoms with Crippen LogP contribution in [0, 0.1) is 6.92 Å². The van der Waals surface area contributed by atoms with E-state index in [0.29, 0.717) is 31.3 Å². The van der Waals surface area contributed by atoms with E-state index in [1.165, 1.54) is 19.3 Å². The standard InChI is InChI=1S/C24H28N4O2/c1-18-26-22(28-13-5-2-6-14-28)17-24(27-18)30-15-12-25-23(29)16-20-10-7-9-19-8-3-4-11-21(19)20/h3-4,7-11,17H,2,5-6,12-16H2,1H3,(H,25,29). The number of nitrogens with zero attached hydrogens (tertiary/aromatic N) is 3. The molecule has 6 nitrogen and oxygen atoms in total. The molecular formula is C24H28N4O2. The molecule has 0 aliphatic carbocycles. The average Bonchev–Trinajstić information content (AvgIpc) is 2.77. The topological polar surface area (TPSA) is 67.3 Å². The Morgan fingerprint density at radius 3 is 2.73 bits per heavy atom. The number of aromatic nitrogens is 2. The first-order valence-corrected chi connectivity index (χ1v) is 10.7. The first-order chi connectivity index (χ1) is 14.7. The molecule has 30 heavy (non-hydrogen) atoms. The molecule has 1 saturated heterocycles. The number of fused-ring (bicyclic) bond motifs is 1. The van der Waals surface area contributed by atoms with Crippen LogP contribution in [-0.2, 0) is 11.2 Å². The van der Waals surface area contributed by atoms with E-state index in [4.69, 9.17) is 4.74 Å². The van der Waals surface area contributed by atoms with Crippen LogP contribution in [0.25, 0.3) is 10.8 Å². The van der Waals surface area contributed by atoms with Crippen LogP contribution < -0.4 is 15.0 Å². The van der Waals surface area contributed by atoms with Crippen LogP contribution in [0.4, 0.5) is 5.82 Å². The summed E-state index contributed by atoms with van der Waals surface area (Å²) in [6.07, 6.45) is 4.03. The first kappa shape index (κ1) is 20.1. The van der Waals surface area contributed by atoms with Crippen molar-refractivity contribution in [2.75, 3.05) is 31.1 Å². The van der Waals surface area contributed by atoms with Gasteiger partial charge in [0.05, 0.1) is 13.0 Å². The molecule has 2 aromatic carbocycles. The van der Waals surface area contributed by atoms with Gasteiger partial charge in [0.1, 0.15) is 18.2 Å². The van der Waals surface area contributed by atoms with Gasteiger partial charge in [0.2, 0.25) is 11.8 Å². The number of hydrogen-bond acceptors (Lipinski definition) is 5. The Balaban J connectivity index is 1.28. The van der Waals surface area contributed by atoms with Crippen LogP contribution in [0.5, 0.6) is 5.88 Å². The monoisotopic (exact) mass is 404 g/mol. The van der Waals surface area contributed by atoms with E-state index in [1.54, 1.807) is 0 Å². The fourth-order valence-corrected chi connectivity index (χ4v) is 3.91. The van der Waals surface area contributed by atoms with Crippen molar-refractivity contribution >= 4 is 22.5 Å². The van der Waals surface area contributed by atoms with Gasteiger partial charge in [-0.1, -0.05) is 42.5 Å². The largest absolute Gasteiger partial charge is 0.476 e. The number of hydrogen-bond donors (Lipinski definition) is 1. The Hall–Kier alpha value is -3.15. The van der Waals surface area contributed by atoms with Crippen molar-refractivity contribution in [3.63, 3.8) is 0 Å². The average molecular weight is 405 g/mol. The minimum Gasteiger partial charge on any atom is -0.476 e. The van der Waals surface area contributed by atoms with Crippen LogP contribution in [0.1, 0.15) is 30.7 Å². The highest BCUT2D eigenvalue weighted by Gasteiger charge is 2.14. The van der Waals surface area contributed by atoms with Gasteiger partial charge in [0.25, 0.3) is 0 Å². The molecular weight excluding hydrogens is 376 g/mol. The fourth-order valence-electron chi connectivity index (χ4n) is 3.91. The lowest BCUT2D eigenvalue weighted by atomic mass is 10.0. The molecule has 4 rings (SSSR count). The van der Waals surface area contributed by atoms with Crippen LogP contribution in [0.2, 0.25) is 0 Å². The van der Waals surface area contributed by atoms with Crippen molar-refractivity contribution in [2.24, 2.45) is 0 Å². The molecule has 1 aliphatic rings. The third kappa shape index (κ3) is 5.06. The van der Waals surface area contributed by atoms with Crippen molar-refractivity contribution < 1.29 is 9.53 Å². The summed E-state index contributed by atoms with van der Waals surface area (Å²) >= 11 is 0. The summed E-state index contributed by atoms with van der Waals surface area (Å²) in [5, 5.41) is 5.21. The number of carbonyl (C=O) groups excluding carboxylic acids is 1. The number of amides is 1. The Bertz CT molecular complexity index is 1010. The second kappa shape index (κ2) is 9.57. The Kier molecular flexibility index (Phi) is 6.42. The first-order valence-electron chi connectivity index (χ1n) is 10.7. The van der Waals surface area contributed by atoms with Crippen molar-refractivity contribution in [1.29, 1.82) is 0 Å². The Labute approximate surface area is 177 Å². The molecule has 2 heterocycles. The number of piperidine rings is 1. The minimum absolute atomic E-state index is 0.0113. The summed E-state index contributed by atoms with van der Waals surface area (Å²) in [5.74, 6) is 2.18. The van der Waals surface area contributed by atoms with Crippen LogP contribution in [0.15, 0.2) is 48.5 Å². The van der Waals surface area contributed by atoms with E-state index in [9.17, 15) is 4.79 Å². The maximum absolute atomic E-state index is 12.4. The number of rotatable bonds is 7. The van der Waals surface area contributed by atoms with Crippen LogP contribution in [0.3, 0.4) is 0 Å². The summed E-state index contributed by atoms with van der Waals surface area (Å²) in [6.45, 7) is 4.75. The van der Waals surface area contributed by atoms with E-state index in [1.807, 2.05) is 37.3 Å². The van der Waals surface area contributed by atoms with Gasteiger partial charge in [-0.15, -0.1) is 0 Å². The van der Waals surface area contributed by atoms with Gasteiger partial charge in [-0.2, -0.15) is 4.98 Å². The molecule has 0 radical (unpaired) electrons. The zero-order chi connectivity index (χ0) is 20.8. The zero-order valence-electron chi connectivity index (χ0n) is 17.4. The second-order valence-electron chi connectivity index (χ2n) is 7.67. The van der Waals surface area contributed by atoms with E-state index < -0.39 is 0 Å². The molecule has 1 N–H and O–H groups in total. The molecule has 0 unspecified atom stereocenters. The van der Waals surface area contributed by atoms with Crippen molar-refractivity contribution in [3.8, 4) is 5.88 Å². The van der Waals surface area contributed by atoms with E-state index in [0.717, 1.165) is 35.2 Å². The zero-order valence-corrected chi connectivity index (χ0v) is 17.4. The summed E-state index contributed by atoms with van der Waals surface area (Å²) in [6, 6.07) is 16.1. The molecule has 0 bridgehead atoms. The van der Waals surface area contributed by atoms with Gasteiger partial charge in [-0.25, -0.2) is 4.98 Å². The molecule has 1 fully saturated rings. The third-order valence-electron chi connectivity index (χ3n) is 5.39. The lowest BCUT2D eigenvalue weighted by Gasteiger charge is -2.28. The fraction of sp³-hybridized carbons (Fsp3) is 0.375. The summed E-state index contributed by atoms with van der Waals surface area (Å²) in [5.41, 5.74) is 1.03. The summed E-state index contributed by atoms with van der Waals surface area (Å²) in [4.78, 5) is 23.6. The molecule has 1 aromatic heterocycles. The predicted molar refractivity (Wildman–Crippen MR) is 119 cm³/mol. The number of anilines is 1. The number of ether oxygens (including phenoxy) is 1. The molecule has 0 atom stereocenters. The predicted octanol–water partition coefficient (Wildman–Crippen LogP) is 3.67. The number of nitrogens with one attached hydrogen (secondary N) is 1. The van der Waals surface area contributed by atoms with Crippen LogP contribution >= 0.6 is 0 Å². The summed E-state index contributed by atoms with van der Waals surface area (Å²) in [7, 11) is 0. The van der Waals surface area contributed by atoms with Crippen molar-refractivity contribution in [1.82, 2.24) is 15.3 Å². The van der Waals surface area contributed by atoms with E-state index in [2.05, 4.69) is 38.4 Å². The van der Waals surface area contributed by atoms with Gasteiger partial charge in [-0.3, -0.25) is 4.79 Å². The maximum atomic E-state index is 12.4. The molecule has 0 spiro atoms. The highest BCUT2D eigenvalue weighted by molar-refractivity contribution is 5.90. The van der Waals surface area contributed by atoms with Gasteiger partial charge in [0, 0.05) is 19.2 Å². The highest BCUT2D eigenvalue weighted by Crippen LogP contribution is 2.21. The van der Waals surface area contributed by atoms with Gasteiger partial charge in [-0.05, 0) is 42.5 Å². The van der Waals surface area contributed by atoms with Gasteiger partial charge < -0.3 is 15.0 Å². The number of aryl methyl sites for hydroxylation is 1. The SMILES string of the molecule is Cc1nc(OCCNC(=O)Cc2cccc3ccccc23)cc(N2CCCCC2)n1. The van der Waals surface area contributed by atoms with Crippen molar-refractivity contribution in [2.45, 2.75) is 32.6 Å². The van der Waals surface area contributed by atoms with E-state index in [-0.39, 0.29) is 5.91 Å². The smallest absolute Gasteiger partial charge is 0.224 e. The quantitative estimate of drug-likeness (QED) is 0.609. The normalized spacial score (nSPS) is 14.0. The minimum atomic E-state index is -0.0113. The molecule has 6 heteroatoms. The molecule has 3 aromatic rings. The maximum Gasteiger partial charge on any atom is 0.224 e. The van der Waals surface area contributed by atoms with Gasteiger partial charge >= 0.3 is 0 Å². The molecule has 1 aliphatic heterocycles. The van der Waals surface area contributed by atoms with Crippen molar-refractivity contribution in [3.05, 3.63) is 59.9 Å². The third-order valence-corrected chi connectivity index (χ3v) is 5.39. The highest BCUT2D eigenvalue weighted by atomic mass is 16.5. The molecule has 1 amide bonds. The Morgan fingerprint density at radius 1 is 1.07 bits per heavy atom. The van der Waals surface area contributed by atoms with E-state index >= 15 is 0 Å². The number of benzene rings is 2. The second-order valence-corrected chi connectivity index (χ2v) is 7.67. The van der Waals surface area contributed by atoms with Gasteiger partial charge in [0.15, 0.2) is 0 Å². The Morgan fingerprint density at radius 2 is 1.87 bits per heavy atom. The summed E-state index contributed by atoms with van der Waals surface area (Å²) < 4.78 is 5.80.